The van der Waals surface area contributed by atoms with Crippen LogP contribution < -0.4 is 5.73 Å². The van der Waals surface area contributed by atoms with Crippen molar-refractivity contribution < 1.29 is 5.11 Å². The number of thioether (sulfide) groups is 1. The van der Waals surface area contributed by atoms with E-state index in [1.807, 2.05) is 23.9 Å². The molecule has 3 atom stereocenters. The van der Waals surface area contributed by atoms with Crippen LogP contribution in [0.5, 0.6) is 0 Å². The van der Waals surface area contributed by atoms with E-state index in [4.69, 9.17) is 5.73 Å². The van der Waals surface area contributed by atoms with Crippen LogP contribution in [0.15, 0.2) is 35.6 Å². The van der Waals surface area contributed by atoms with Gasteiger partial charge < -0.3 is 10.8 Å². The zero-order chi connectivity index (χ0) is 14.0. The van der Waals surface area contributed by atoms with Gasteiger partial charge >= 0.3 is 0 Å². The maximum atomic E-state index is 9.69. The fraction of sp³-hybridized carbons (Fsp3) is 0.625. The second-order valence-corrected chi connectivity index (χ2v) is 7.29. The second kappa shape index (κ2) is 5.76. The van der Waals surface area contributed by atoms with Crippen molar-refractivity contribution in [3.05, 3.63) is 35.6 Å². The first-order valence-electron chi connectivity index (χ1n) is 7.09. The van der Waals surface area contributed by atoms with E-state index < -0.39 is 0 Å². The quantitative estimate of drug-likeness (QED) is 0.752. The Balaban J connectivity index is 2.52. The summed E-state index contributed by atoms with van der Waals surface area (Å²) in [6.45, 7) is 7.95. The lowest BCUT2D eigenvalue weighted by Gasteiger charge is -2.47. The number of rotatable bonds is 2. The Bertz CT molecular complexity index is 422. The lowest BCUT2D eigenvalue weighted by atomic mass is 9.65. The summed E-state index contributed by atoms with van der Waals surface area (Å²) in [6, 6.07) is 0.159. The van der Waals surface area contributed by atoms with Crippen molar-refractivity contribution in [3.63, 3.8) is 0 Å². The normalized spacial score (nSPS) is 36.7. The predicted octanol–water partition coefficient (Wildman–Crippen LogP) is 3.95. The third-order valence-electron chi connectivity index (χ3n) is 4.54. The molecule has 0 aromatic rings. The molecule has 2 unspecified atom stereocenters. The zero-order valence-corrected chi connectivity index (χ0v) is 12.8. The van der Waals surface area contributed by atoms with Gasteiger partial charge in [-0.2, -0.15) is 11.8 Å². The fourth-order valence-electron chi connectivity index (χ4n) is 3.36. The summed E-state index contributed by atoms with van der Waals surface area (Å²) in [5, 5.41) is 10.2. The van der Waals surface area contributed by atoms with Gasteiger partial charge in [0, 0.05) is 16.7 Å². The van der Waals surface area contributed by atoms with E-state index in [-0.39, 0.29) is 11.5 Å². The smallest absolute Gasteiger partial charge is 0.0894 e. The predicted molar refractivity (Wildman–Crippen MR) is 84.4 cm³/mol. The Hall–Kier alpha value is -0.670. The van der Waals surface area contributed by atoms with Crippen molar-refractivity contribution in [2.75, 3.05) is 5.75 Å². The number of nitrogens with two attached hydrogens (primary N) is 1. The highest BCUT2D eigenvalue weighted by molar-refractivity contribution is 7.99. The van der Waals surface area contributed by atoms with Crippen LogP contribution in [0.3, 0.4) is 0 Å². The van der Waals surface area contributed by atoms with Crippen molar-refractivity contribution in [3.8, 4) is 0 Å². The maximum absolute atomic E-state index is 9.69. The Kier molecular flexibility index (Phi) is 4.46. The number of hydrogen-bond acceptors (Lipinski definition) is 3. The highest BCUT2D eigenvalue weighted by Gasteiger charge is 2.44. The number of aliphatic hydroxyl groups is 1. The van der Waals surface area contributed by atoms with Crippen LogP contribution in [0, 0.1) is 5.41 Å². The molecule has 2 bridgehead atoms. The van der Waals surface area contributed by atoms with Crippen LogP contribution >= 0.6 is 11.8 Å². The first-order chi connectivity index (χ1) is 8.99. The van der Waals surface area contributed by atoms with Crippen LogP contribution in [0.1, 0.15) is 39.5 Å². The minimum atomic E-state index is -0.0378. The first-order valence-corrected chi connectivity index (χ1v) is 8.14. The first kappa shape index (κ1) is 14.7. The van der Waals surface area contributed by atoms with Gasteiger partial charge in [0.2, 0.25) is 0 Å². The molecule has 1 heterocycles. The van der Waals surface area contributed by atoms with Crippen LogP contribution in [-0.2, 0) is 0 Å². The Labute approximate surface area is 120 Å². The van der Waals surface area contributed by atoms with Gasteiger partial charge in [-0.3, -0.25) is 0 Å². The highest BCUT2D eigenvalue weighted by Crippen LogP contribution is 2.49. The molecule has 0 amide bonds. The van der Waals surface area contributed by atoms with Gasteiger partial charge in [0.15, 0.2) is 0 Å². The van der Waals surface area contributed by atoms with Crippen molar-refractivity contribution in [2.45, 2.75) is 50.8 Å². The minimum absolute atomic E-state index is 0.0378. The average Bonchev–Trinajstić information content (AvgIpc) is 2.36. The van der Waals surface area contributed by atoms with Crippen molar-refractivity contribution >= 4 is 11.8 Å². The van der Waals surface area contributed by atoms with Gasteiger partial charge in [-0.1, -0.05) is 26.0 Å². The molecule has 0 spiro atoms. The van der Waals surface area contributed by atoms with E-state index in [2.05, 4.69) is 13.5 Å². The molecule has 3 heteroatoms. The molecule has 1 aliphatic heterocycles. The number of allylic oxidation sites excluding steroid dienone is 4. The Morgan fingerprint density at radius 2 is 2.26 bits per heavy atom. The third kappa shape index (κ3) is 2.77. The summed E-state index contributed by atoms with van der Waals surface area (Å²) in [5.41, 5.74) is 9.00. The summed E-state index contributed by atoms with van der Waals surface area (Å²) < 4.78 is 0. The molecular weight excluding hydrogens is 254 g/mol. The topological polar surface area (TPSA) is 46.2 Å². The van der Waals surface area contributed by atoms with Gasteiger partial charge in [0.1, 0.15) is 0 Å². The van der Waals surface area contributed by atoms with Crippen LogP contribution in [0.4, 0.5) is 0 Å². The zero-order valence-electron chi connectivity index (χ0n) is 12.0. The maximum Gasteiger partial charge on any atom is 0.0894 e. The summed E-state index contributed by atoms with van der Waals surface area (Å²) in [4.78, 5) is 0. The summed E-state index contributed by atoms with van der Waals surface area (Å²) in [7, 11) is 0. The van der Waals surface area contributed by atoms with Gasteiger partial charge in [0.05, 0.1) is 5.76 Å². The molecule has 1 aliphatic carbocycles. The molecule has 0 radical (unpaired) electrons. The van der Waals surface area contributed by atoms with Crippen molar-refractivity contribution in [1.29, 1.82) is 0 Å². The molecule has 0 saturated carbocycles. The van der Waals surface area contributed by atoms with Gasteiger partial charge in [-0.15, -0.1) is 0 Å². The lowest BCUT2D eigenvalue weighted by molar-refractivity contribution is 0.259. The molecule has 1 fully saturated rings. The Morgan fingerprint density at radius 3 is 2.89 bits per heavy atom. The number of aliphatic hydroxyl groups excluding tert-OH is 1. The minimum Gasteiger partial charge on any atom is -0.513 e. The summed E-state index contributed by atoms with van der Waals surface area (Å²) in [5.74, 6) is 1.57. The van der Waals surface area contributed by atoms with Crippen LogP contribution in [0.2, 0.25) is 0 Å². The molecule has 0 aromatic carbocycles. The molecule has 106 valence electrons. The van der Waals surface area contributed by atoms with Gasteiger partial charge in [-0.25, -0.2) is 0 Å². The van der Waals surface area contributed by atoms with E-state index in [9.17, 15) is 5.11 Å². The largest absolute Gasteiger partial charge is 0.513 e. The van der Waals surface area contributed by atoms with E-state index in [0.717, 1.165) is 12.8 Å². The molecular formula is C16H25NOS. The lowest BCUT2D eigenvalue weighted by Crippen LogP contribution is -2.51. The standard InChI is InChI=1S/C16H25NOS/c1-4-12-10-14-15(17)16(3,7-5-6-8-19-14)13(12)9-11(2)18/h4,9,14-15,18H,1,5-8,10,17H2,2-3H3/b11-9+/t14?,15-,16?/m1/s1. The molecule has 0 aromatic heterocycles. The average molecular weight is 279 g/mol. The summed E-state index contributed by atoms with van der Waals surface area (Å²) >= 11 is 2.01. The monoisotopic (exact) mass is 279 g/mol. The fourth-order valence-corrected chi connectivity index (χ4v) is 4.84. The molecule has 1 saturated heterocycles. The van der Waals surface area contributed by atoms with Crippen molar-refractivity contribution in [2.24, 2.45) is 11.1 Å². The number of hydrogen-bond donors (Lipinski definition) is 2. The van der Waals surface area contributed by atoms with E-state index in [0.29, 0.717) is 11.0 Å². The van der Waals surface area contributed by atoms with E-state index >= 15 is 0 Å². The van der Waals surface area contributed by atoms with Gasteiger partial charge in [-0.05, 0) is 49.2 Å². The molecule has 19 heavy (non-hydrogen) atoms. The number of fused-ring (bicyclic) bond motifs is 2. The third-order valence-corrected chi connectivity index (χ3v) is 5.95. The molecule has 2 nitrogen and oxygen atoms in total. The molecule has 2 aliphatic rings. The summed E-state index contributed by atoms with van der Waals surface area (Å²) in [6.07, 6.45) is 8.40. The highest BCUT2D eigenvalue weighted by atomic mass is 32.2. The molecule has 2 rings (SSSR count). The van der Waals surface area contributed by atoms with Crippen LogP contribution in [-0.4, -0.2) is 22.2 Å². The Morgan fingerprint density at radius 1 is 1.53 bits per heavy atom. The van der Waals surface area contributed by atoms with E-state index in [1.54, 1.807) is 6.92 Å². The van der Waals surface area contributed by atoms with Crippen LogP contribution in [0.25, 0.3) is 0 Å². The van der Waals surface area contributed by atoms with E-state index in [1.165, 1.54) is 29.7 Å². The SMILES string of the molecule is C=CC1=C(/C=C(\C)O)C2(C)CCCCSC(C1)[C@H]2N. The molecule has 3 N–H and O–H groups in total. The van der Waals surface area contributed by atoms with Gasteiger partial charge in [0.25, 0.3) is 0 Å². The second-order valence-electron chi connectivity index (χ2n) is 5.94. The van der Waals surface area contributed by atoms with Crippen molar-refractivity contribution in [1.82, 2.24) is 0 Å².